The van der Waals surface area contributed by atoms with Gasteiger partial charge in [-0.05, 0) is 25.7 Å². The molecular weight excluding hydrogens is 365 g/mol. The number of hydrogen-bond donors (Lipinski definition) is 2. The normalized spacial score (nSPS) is 29.1. The van der Waals surface area contributed by atoms with E-state index >= 15 is 0 Å². The van der Waals surface area contributed by atoms with Crippen molar-refractivity contribution >= 4 is 29.9 Å². The number of aliphatic imine (C=N–C) groups is 1. The van der Waals surface area contributed by atoms with Gasteiger partial charge in [-0.2, -0.15) is 0 Å². The summed E-state index contributed by atoms with van der Waals surface area (Å²) in [5.41, 5.74) is 0.252. The Morgan fingerprint density at radius 1 is 1.35 bits per heavy atom. The lowest BCUT2D eigenvalue weighted by Crippen LogP contribution is -2.47. The molecule has 2 rings (SSSR count). The second-order valence-electron chi connectivity index (χ2n) is 6.61. The fourth-order valence-electron chi connectivity index (χ4n) is 2.89. The maximum atomic E-state index is 5.28. The second-order valence-corrected chi connectivity index (χ2v) is 6.61. The van der Waals surface area contributed by atoms with Gasteiger partial charge in [0.25, 0.3) is 0 Å². The number of nitrogens with zero attached hydrogens (tertiary/aromatic N) is 1. The molecule has 0 amide bonds. The summed E-state index contributed by atoms with van der Waals surface area (Å²) in [4.78, 5) is 4.74. The van der Waals surface area contributed by atoms with Crippen molar-refractivity contribution < 1.29 is 4.74 Å². The van der Waals surface area contributed by atoms with Crippen molar-refractivity contribution in [1.82, 2.24) is 10.6 Å². The average molecular weight is 395 g/mol. The van der Waals surface area contributed by atoms with Gasteiger partial charge in [0.2, 0.25) is 0 Å². The molecule has 2 aliphatic rings. The van der Waals surface area contributed by atoms with E-state index in [9.17, 15) is 0 Å². The van der Waals surface area contributed by atoms with Crippen LogP contribution in [0.2, 0.25) is 0 Å². The minimum absolute atomic E-state index is 0. The van der Waals surface area contributed by atoms with E-state index < -0.39 is 0 Å². The Morgan fingerprint density at radius 2 is 2.10 bits per heavy atom. The molecule has 4 nitrogen and oxygen atoms in total. The van der Waals surface area contributed by atoms with Gasteiger partial charge >= 0.3 is 0 Å². The molecule has 2 fully saturated rings. The Kier molecular flexibility index (Phi) is 7.58. The quantitative estimate of drug-likeness (QED) is 0.437. The molecule has 2 atom stereocenters. The number of hydrogen-bond acceptors (Lipinski definition) is 2. The number of rotatable bonds is 4. The van der Waals surface area contributed by atoms with Crippen molar-refractivity contribution in [2.45, 2.75) is 52.5 Å². The molecule has 0 spiro atoms. The van der Waals surface area contributed by atoms with Crippen molar-refractivity contribution in [3.63, 3.8) is 0 Å². The molecule has 1 aliphatic carbocycles. The van der Waals surface area contributed by atoms with Gasteiger partial charge in [0, 0.05) is 18.0 Å². The average Bonchev–Trinajstić information content (AvgIpc) is 2.34. The minimum atomic E-state index is 0. The third kappa shape index (κ3) is 5.39. The summed E-state index contributed by atoms with van der Waals surface area (Å²) in [6, 6.07) is 0.590. The highest BCUT2D eigenvalue weighted by molar-refractivity contribution is 14.0. The van der Waals surface area contributed by atoms with Crippen molar-refractivity contribution in [2.75, 3.05) is 26.3 Å². The van der Waals surface area contributed by atoms with Gasteiger partial charge in [-0.3, -0.25) is 4.99 Å². The first-order valence-corrected chi connectivity index (χ1v) is 7.74. The zero-order valence-corrected chi connectivity index (χ0v) is 15.4. The monoisotopic (exact) mass is 395 g/mol. The van der Waals surface area contributed by atoms with E-state index in [-0.39, 0.29) is 29.4 Å². The van der Waals surface area contributed by atoms with Crippen molar-refractivity contribution in [2.24, 2.45) is 16.3 Å². The molecule has 0 radical (unpaired) electrons. The smallest absolute Gasteiger partial charge is 0.191 e. The van der Waals surface area contributed by atoms with Crippen LogP contribution in [-0.4, -0.2) is 38.3 Å². The molecule has 0 bridgehead atoms. The van der Waals surface area contributed by atoms with Crippen LogP contribution in [-0.2, 0) is 4.74 Å². The van der Waals surface area contributed by atoms with Crippen LogP contribution >= 0.6 is 24.0 Å². The highest BCUT2D eigenvalue weighted by atomic mass is 127. The molecule has 118 valence electrons. The highest BCUT2D eigenvalue weighted by Gasteiger charge is 2.33. The summed E-state index contributed by atoms with van der Waals surface area (Å²) in [7, 11) is 0. The Bertz CT molecular complexity index is 318. The predicted octanol–water partition coefficient (Wildman–Crippen LogP) is 2.77. The molecule has 1 heterocycles. The SMILES string of the molecule is CCNC(=NCC1(C)COC1)NC1CCCC(C)C1.I. The van der Waals surface area contributed by atoms with Crippen LogP contribution in [0.3, 0.4) is 0 Å². The van der Waals surface area contributed by atoms with Gasteiger partial charge in [-0.25, -0.2) is 0 Å². The zero-order valence-electron chi connectivity index (χ0n) is 13.1. The largest absolute Gasteiger partial charge is 0.380 e. The lowest BCUT2D eigenvalue weighted by molar-refractivity contribution is -0.0945. The van der Waals surface area contributed by atoms with E-state index in [4.69, 9.17) is 9.73 Å². The Balaban J connectivity index is 0.00000200. The molecule has 0 aromatic carbocycles. The van der Waals surface area contributed by atoms with Crippen molar-refractivity contribution in [3.05, 3.63) is 0 Å². The van der Waals surface area contributed by atoms with E-state index in [0.29, 0.717) is 6.04 Å². The third-order valence-electron chi connectivity index (χ3n) is 4.14. The van der Waals surface area contributed by atoms with E-state index in [1.165, 1.54) is 25.7 Å². The van der Waals surface area contributed by atoms with E-state index in [2.05, 4.69) is 31.4 Å². The van der Waals surface area contributed by atoms with Gasteiger partial charge in [-0.15, -0.1) is 24.0 Å². The molecule has 1 aliphatic heterocycles. The first-order chi connectivity index (χ1) is 9.11. The van der Waals surface area contributed by atoms with E-state index in [1.807, 2.05) is 0 Å². The fourth-order valence-corrected chi connectivity index (χ4v) is 2.89. The highest BCUT2D eigenvalue weighted by Crippen LogP contribution is 2.26. The van der Waals surface area contributed by atoms with Crippen LogP contribution in [0.1, 0.15) is 46.5 Å². The van der Waals surface area contributed by atoms with Gasteiger partial charge in [0.05, 0.1) is 19.8 Å². The standard InChI is InChI=1S/C15H29N3O.HI/c1-4-16-14(17-9-15(3)10-19-11-15)18-13-7-5-6-12(2)8-13;/h12-13H,4-11H2,1-3H3,(H2,16,17,18);1H. The maximum Gasteiger partial charge on any atom is 0.191 e. The van der Waals surface area contributed by atoms with Crippen LogP contribution in [0.15, 0.2) is 4.99 Å². The summed E-state index contributed by atoms with van der Waals surface area (Å²) in [6.45, 7) is 10.2. The Hall–Kier alpha value is -0.0400. The number of halogens is 1. The van der Waals surface area contributed by atoms with Gasteiger partial charge in [0.1, 0.15) is 0 Å². The molecule has 2 unspecified atom stereocenters. The predicted molar refractivity (Wildman–Crippen MR) is 94.9 cm³/mol. The molecule has 20 heavy (non-hydrogen) atoms. The van der Waals surface area contributed by atoms with E-state index in [1.54, 1.807) is 0 Å². The Labute approximate surface area is 140 Å². The molecule has 0 aromatic rings. The van der Waals surface area contributed by atoms with Gasteiger partial charge < -0.3 is 15.4 Å². The molecular formula is C15H30IN3O. The molecule has 1 saturated heterocycles. The maximum absolute atomic E-state index is 5.28. The number of guanidine groups is 1. The lowest BCUT2D eigenvalue weighted by Gasteiger charge is -2.37. The van der Waals surface area contributed by atoms with Gasteiger partial charge in [0.15, 0.2) is 5.96 Å². The van der Waals surface area contributed by atoms with Crippen LogP contribution in [0, 0.1) is 11.3 Å². The van der Waals surface area contributed by atoms with Crippen LogP contribution in [0.5, 0.6) is 0 Å². The molecule has 5 heteroatoms. The van der Waals surface area contributed by atoms with Crippen LogP contribution in [0.25, 0.3) is 0 Å². The molecule has 0 aromatic heterocycles. The van der Waals surface area contributed by atoms with Crippen molar-refractivity contribution in [3.8, 4) is 0 Å². The second kappa shape index (κ2) is 8.41. The van der Waals surface area contributed by atoms with Crippen LogP contribution < -0.4 is 10.6 Å². The van der Waals surface area contributed by atoms with Crippen LogP contribution in [0.4, 0.5) is 0 Å². The molecule has 2 N–H and O–H groups in total. The summed E-state index contributed by atoms with van der Waals surface area (Å²) in [5.74, 6) is 1.82. The summed E-state index contributed by atoms with van der Waals surface area (Å²) < 4.78 is 5.28. The number of nitrogens with one attached hydrogen (secondary N) is 2. The summed E-state index contributed by atoms with van der Waals surface area (Å²) >= 11 is 0. The summed E-state index contributed by atoms with van der Waals surface area (Å²) in [5, 5.41) is 6.97. The first-order valence-electron chi connectivity index (χ1n) is 7.74. The first kappa shape index (κ1) is 18.0. The Morgan fingerprint density at radius 3 is 2.65 bits per heavy atom. The lowest BCUT2D eigenvalue weighted by atomic mass is 9.87. The summed E-state index contributed by atoms with van der Waals surface area (Å²) in [6.07, 6.45) is 5.25. The number of ether oxygens (including phenoxy) is 1. The zero-order chi connectivity index (χ0) is 13.7. The van der Waals surface area contributed by atoms with E-state index in [0.717, 1.165) is 38.2 Å². The minimum Gasteiger partial charge on any atom is -0.380 e. The molecule has 1 saturated carbocycles. The van der Waals surface area contributed by atoms with Gasteiger partial charge in [-0.1, -0.05) is 26.7 Å². The topological polar surface area (TPSA) is 45.7 Å². The van der Waals surface area contributed by atoms with Crippen molar-refractivity contribution in [1.29, 1.82) is 0 Å². The fraction of sp³-hybridized carbons (Fsp3) is 0.933. The third-order valence-corrected chi connectivity index (χ3v) is 4.14.